The quantitative estimate of drug-likeness (QED) is 0.945. The lowest BCUT2D eigenvalue weighted by Gasteiger charge is -2.17. The van der Waals surface area contributed by atoms with Crippen LogP contribution >= 0.6 is 0 Å². The molecule has 0 fully saturated rings. The van der Waals surface area contributed by atoms with E-state index in [2.05, 4.69) is 9.71 Å². The zero-order chi connectivity index (χ0) is 15.6. The fourth-order valence-electron chi connectivity index (χ4n) is 2.31. The Bertz CT molecular complexity index is 723. The van der Waals surface area contributed by atoms with Crippen molar-refractivity contribution in [3.8, 4) is 0 Å². The highest BCUT2D eigenvalue weighted by Gasteiger charge is 2.23. The Morgan fingerprint density at radius 3 is 2.38 bits per heavy atom. The van der Waals surface area contributed by atoms with Gasteiger partial charge in [-0.3, -0.25) is 4.98 Å². The van der Waals surface area contributed by atoms with Crippen LogP contribution in [0.25, 0.3) is 0 Å². The molecule has 0 saturated carbocycles. The summed E-state index contributed by atoms with van der Waals surface area (Å²) in [7, 11) is -3.73. The third-order valence-corrected chi connectivity index (χ3v) is 5.06. The van der Waals surface area contributed by atoms with Crippen LogP contribution in [0, 0.1) is 19.7 Å². The summed E-state index contributed by atoms with van der Waals surface area (Å²) in [6, 6.07) is 5.55. The van der Waals surface area contributed by atoms with Gasteiger partial charge in [-0.15, -0.1) is 0 Å². The molecule has 0 aliphatic rings. The van der Waals surface area contributed by atoms with E-state index < -0.39 is 21.9 Å². The number of aryl methyl sites for hydroxylation is 2. The monoisotopic (exact) mass is 308 g/mol. The number of pyridine rings is 1. The van der Waals surface area contributed by atoms with Gasteiger partial charge >= 0.3 is 0 Å². The Morgan fingerprint density at radius 1 is 1.24 bits per heavy atom. The van der Waals surface area contributed by atoms with E-state index >= 15 is 0 Å². The van der Waals surface area contributed by atoms with E-state index in [-0.39, 0.29) is 4.90 Å². The van der Waals surface area contributed by atoms with Crippen LogP contribution in [0.4, 0.5) is 4.39 Å². The minimum atomic E-state index is -3.73. The van der Waals surface area contributed by atoms with Crippen molar-refractivity contribution < 1.29 is 12.8 Å². The first-order valence-electron chi connectivity index (χ1n) is 6.50. The third kappa shape index (κ3) is 3.46. The summed E-state index contributed by atoms with van der Waals surface area (Å²) in [5.41, 5.74) is 1.54. The van der Waals surface area contributed by atoms with Gasteiger partial charge in [0.1, 0.15) is 5.82 Å². The summed E-state index contributed by atoms with van der Waals surface area (Å²) >= 11 is 0. The van der Waals surface area contributed by atoms with Crippen LogP contribution in [0.1, 0.15) is 29.7 Å². The Morgan fingerprint density at radius 2 is 1.86 bits per heavy atom. The van der Waals surface area contributed by atoms with Crippen LogP contribution < -0.4 is 4.72 Å². The lowest BCUT2D eigenvalue weighted by Crippen LogP contribution is -2.28. The number of benzene rings is 1. The molecule has 2 aromatic rings. The first kappa shape index (κ1) is 15.6. The van der Waals surface area contributed by atoms with E-state index in [1.165, 1.54) is 12.1 Å². The van der Waals surface area contributed by atoms with E-state index in [1.54, 1.807) is 45.3 Å². The average Bonchev–Trinajstić information content (AvgIpc) is 2.37. The van der Waals surface area contributed by atoms with Crippen LogP contribution in [0.15, 0.2) is 41.6 Å². The Hall–Kier alpha value is -1.79. The molecule has 1 aromatic carbocycles. The molecule has 4 nitrogen and oxygen atoms in total. The van der Waals surface area contributed by atoms with E-state index in [1.807, 2.05) is 0 Å². The van der Waals surface area contributed by atoms with Gasteiger partial charge < -0.3 is 0 Å². The summed E-state index contributed by atoms with van der Waals surface area (Å²) < 4.78 is 40.9. The molecule has 1 N–H and O–H groups in total. The van der Waals surface area contributed by atoms with Gasteiger partial charge in [0, 0.05) is 18.4 Å². The van der Waals surface area contributed by atoms with E-state index in [0.29, 0.717) is 11.1 Å². The molecule has 0 aliphatic carbocycles. The van der Waals surface area contributed by atoms with Gasteiger partial charge in [0.2, 0.25) is 10.0 Å². The Balaban J connectivity index is 2.36. The molecule has 2 rings (SSSR count). The van der Waals surface area contributed by atoms with Crippen molar-refractivity contribution in [3.63, 3.8) is 0 Å². The highest BCUT2D eigenvalue weighted by Crippen LogP contribution is 2.23. The molecule has 0 amide bonds. The molecule has 1 aromatic heterocycles. The Kier molecular flexibility index (Phi) is 4.39. The van der Waals surface area contributed by atoms with Crippen molar-refractivity contribution in [1.82, 2.24) is 9.71 Å². The van der Waals surface area contributed by atoms with Crippen molar-refractivity contribution >= 4 is 10.0 Å². The van der Waals surface area contributed by atoms with Gasteiger partial charge in [-0.2, -0.15) is 0 Å². The maximum Gasteiger partial charge on any atom is 0.241 e. The number of rotatable bonds is 4. The number of hydrogen-bond donors (Lipinski definition) is 1. The molecule has 21 heavy (non-hydrogen) atoms. The molecule has 0 aliphatic heterocycles. The normalized spacial score (nSPS) is 13.1. The summed E-state index contributed by atoms with van der Waals surface area (Å²) in [5.74, 6) is -0.441. The molecule has 1 unspecified atom stereocenters. The molecule has 0 radical (unpaired) electrons. The average molecular weight is 308 g/mol. The highest BCUT2D eigenvalue weighted by atomic mass is 32.2. The van der Waals surface area contributed by atoms with Gasteiger partial charge in [0.15, 0.2) is 0 Å². The van der Waals surface area contributed by atoms with Crippen LogP contribution in [-0.4, -0.2) is 13.4 Å². The highest BCUT2D eigenvalue weighted by molar-refractivity contribution is 7.89. The fraction of sp³-hybridized carbons (Fsp3) is 0.267. The molecule has 112 valence electrons. The molecule has 1 atom stereocenters. The minimum Gasteiger partial charge on any atom is -0.264 e. The van der Waals surface area contributed by atoms with Crippen molar-refractivity contribution in [2.45, 2.75) is 31.7 Å². The molecular formula is C15H17FN2O2S. The number of hydrogen-bond acceptors (Lipinski definition) is 3. The van der Waals surface area contributed by atoms with E-state index in [0.717, 1.165) is 5.56 Å². The summed E-state index contributed by atoms with van der Waals surface area (Å²) in [4.78, 5) is 4.10. The zero-order valence-corrected chi connectivity index (χ0v) is 12.9. The first-order valence-corrected chi connectivity index (χ1v) is 7.98. The largest absolute Gasteiger partial charge is 0.264 e. The number of nitrogens with one attached hydrogen (secondary N) is 1. The molecule has 6 heteroatoms. The van der Waals surface area contributed by atoms with Crippen molar-refractivity contribution in [1.29, 1.82) is 0 Å². The third-order valence-electron chi connectivity index (χ3n) is 3.21. The van der Waals surface area contributed by atoms with Crippen LogP contribution in [0.5, 0.6) is 0 Å². The standard InChI is InChI=1S/C15H17FN2O2S/c1-10-7-14(16)8-11(2)15(10)21(19,20)18-12(3)13-5-4-6-17-9-13/h4-9,12,18H,1-3H3. The number of halogens is 1. The summed E-state index contributed by atoms with van der Waals surface area (Å²) in [6.07, 6.45) is 3.23. The van der Waals surface area contributed by atoms with Gasteiger partial charge in [-0.05, 0) is 55.7 Å². The smallest absolute Gasteiger partial charge is 0.241 e. The maximum atomic E-state index is 13.3. The van der Waals surface area contributed by atoms with Crippen LogP contribution in [0.3, 0.4) is 0 Å². The number of aromatic nitrogens is 1. The predicted molar refractivity (Wildman–Crippen MR) is 78.8 cm³/mol. The van der Waals surface area contributed by atoms with Gasteiger partial charge in [-0.25, -0.2) is 17.5 Å². The lowest BCUT2D eigenvalue weighted by atomic mass is 10.1. The molecule has 0 spiro atoms. The summed E-state index contributed by atoms with van der Waals surface area (Å²) in [6.45, 7) is 4.90. The predicted octanol–water partition coefficient (Wildman–Crippen LogP) is 2.88. The van der Waals surface area contributed by atoms with Gasteiger partial charge in [0.05, 0.1) is 4.90 Å². The SMILES string of the molecule is Cc1cc(F)cc(C)c1S(=O)(=O)NC(C)c1cccnc1. The number of sulfonamides is 1. The zero-order valence-electron chi connectivity index (χ0n) is 12.1. The topological polar surface area (TPSA) is 59.1 Å². The molecule has 0 bridgehead atoms. The number of nitrogens with zero attached hydrogens (tertiary/aromatic N) is 1. The second-order valence-electron chi connectivity index (χ2n) is 5.00. The molecule has 1 heterocycles. The van der Waals surface area contributed by atoms with E-state index in [4.69, 9.17) is 0 Å². The fourth-order valence-corrected chi connectivity index (χ4v) is 4.00. The van der Waals surface area contributed by atoms with Gasteiger partial charge in [0.25, 0.3) is 0 Å². The van der Waals surface area contributed by atoms with Crippen LogP contribution in [0.2, 0.25) is 0 Å². The first-order chi connectivity index (χ1) is 9.81. The molecule has 0 saturated heterocycles. The van der Waals surface area contributed by atoms with Crippen molar-refractivity contribution in [3.05, 3.63) is 59.2 Å². The van der Waals surface area contributed by atoms with Crippen LogP contribution in [-0.2, 0) is 10.0 Å². The van der Waals surface area contributed by atoms with E-state index in [9.17, 15) is 12.8 Å². The summed E-state index contributed by atoms with van der Waals surface area (Å²) in [5, 5.41) is 0. The maximum absolute atomic E-state index is 13.3. The van der Waals surface area contributed by atoms with Gasteiger partial charge in [-0.1, -0.05) is 6.07 Å². The second-order valence-corrected chi connectivity index (χ2v) is 6.65. The van der Waals surface area contributed by atoms with Crippen molar-refractivity contribution in [2.75, 3.05) is 0 Å². The minimum absolute atomic E-state index is 0.125. The lowest BCUT2D eigenvalue weighted by molar-refractivity contribution is 0.564. The van der Waals surface area contributed by atoms with Crippen molar-refractivity contribution in [2.24, 2.45) is 0 Å². The second kappa shape index (κ2) is 5.91. The molecular weight excluding hydrogens is 291 g/mol. The Labute approximate surface area is 124 Å².